The molecule has 0 aliphatic rings. The lowest BCUT2D eigenvalue weighted by Crippen LogP contribution is -2.12. The highest BCUT2D eigenvalue weighted by Crippen LogP contribution is 2.10. The normalized spacial score (nSPS) is 10.0. The summed E-state index contributed by atoms with van der Waals surface area (Å²) >= 11 is 0. The van der Waals surface area contributed by atoms with E-state index in [0.29, 0.717) is 12.0 Å². The minimum absolute atomic E-state index is 0.120. The third-order valence-corrected chi connectivity index (χ3v) is 1.96. The van der Waals surface area contributed by atoms with E-state index in [1.165, 1.54) is 0 Å². The highest BCUT2D eigenvalue weighted by molar-refractivity contribution is 5.94. The zero-order valence-electron chi connectivity index (χ0n) is 7.58. The number of benzene rings is 1. The first kappa shape index (κ1) is 9.74. The molecule has 0 fully saturated rings. The van der Waals surface area contributed by atoms with E-state index in [0.717, 1.165) is 11.1 Å². The van der Waals surface area contributed by atoms with Crippen LogP contribution in [0, 0.1) is 6.92 Å². The minimum Gasteiger partial charge on any atom is -0.396 e. The molecule has 0 atom stereocenters. The average Bonchev–Trinajstić information content (AvgIpc) is 2.04. The van der Waals surface area contributed by atoms with Crippen LogP contribution in [0.5, 0.6) is 0 Å². The molecular weight excluding hydrogens is 166 g/mol. The lowest BCUT2D eigenvalue weighted by molar-refractivity contribution is 0.0999. The van der Waals surface area contributed by atoms with Crippen molar-refractivity contribution in [2.75, 3.05) is 6.61 Å². The molecule has 0 spiro atoms. The smallest absolute Gasteiger partial charge is 0.248 e. The van der Waals surface area contributed by atoms with E-state index in [4.69, 9.17) is 10.8 Å². The van der Waals surface area contributed by atoms with Crippen LogP contribution in [0.3, 0.4) is 0 Å². The van der Waals surface area contributed by atoms with E-state index >= 15 is 0 Å². The number of amides is 1. The molecule has 3 nitrogen and oxygen atoms in total. The van der Waals surface area contributed by atoms with Crippen molar-refractivity contribution in [2.45, 2.75) is 13.3 Å². The van der Waals surface area contributed by atoms with Gasteiger partial charge in [-0.15, -0.1) is 0 Å². The van der Waals surface area contributed by atoms with Crippen molar-refractivity contribution in [3.8, 4) is 0 Å². The number of aliphatic hydroxyl groups excluding tert-OH is 1. The zero-order chi connectivity index (χ0) is 9.84. The van der Waals surface area contributed by atoms with E-state index in [2.05, 4.69) is 0 Å². The van der Waals surface area contributed by atoms with Crippen LogP contribution < -0.4 is 5.73 Å². The van der Waals surface area contributed by atoms with Crippen molar-refractivity contribution in [2.24, 2.45) is 5.73 Å². The van der Waals surface area contributed by atoms with Crippen LogP contribution in [0.4, 0.5) is 0 Å². The third-order valence-electron chi connectivity index (χ3n) is 1.96. The average molecular weight is 179 g/mol. The second kappa shape index (κ2) is 4.05. The first-order valence-corrected chi connectivity index (χ1v) is 4.15. The molecule has 1 aromatic rings. The summed E-state index contributed by atoms with van der Waals surface area (Å²) in [6, 6.07) is 5.38. The maximum absolute atomic E-state index is 10.9. The Kier molecular flexibility index (Phi) is 3.03. The van der Waals surface area contributed by atoms with E-state index in [1.807, 2.05) is 19.1 Å². The van der Waals surface area contributed by atoms with Crippen molar-refractivity contribution in [3.05, 3.63) is 34.9 Å². The topological polar surface area (TPSA) is 63.3 Å². The summed E-state index contributed by atoms with van der Waals surface area (Å²) in [6.45, 7) is 1.95. The number of rotatable bonds is 3. The number of carbonyl (C=O) groups excluding carboxylic acids is 1. The van der Waals surface area contributed by atoms with Gasteiger partial charge in [-0.2, -0.15) is 0 Å². The fourth-order valence-corrected chi connectivity index (χ4v) is 1.29. The van der Waals surface area contributed by atoms with Crippen molar-refractivity contribution < 1.29 is 9.90 Å². The van der Waals surface area contributed by atoms with Crippen LogP contribution in [0.15, 0.2) is 18.2 Å². The largest absolute Gasteiger partial charge is 0.396 e. The molecule has 3 N–H and O–H groups in total. The van der Waals surface area contributed by atoms with Gasteiger partial charge in [0, 0.05) is 12.2 Å². The van der Waals surface area contributed by atoms with Gasteiger partial charge in [-0.25, -0.2) is 0 Å². The lowest BCUT2D eigenvalue weighted by Gasteiger charge is -2.04. The molecule has 0 aliphatic heterocycles. The number of aliphatic hydroxyl groups is 1. The summed E-state index contributed by atoms with van der Waals surface area (Å²) in [6.07, 6.45) is 0.611. The number of hydrogen-bond acceptors (Lipinski definition) is 2. The van der Waals surface area contributed by atoms with Crippen LogP contribution >= 0.6 is 0 Å². The second-order valence-electron chi connectivity index (χ2n) is 2.99. The van der Waals surface area contributed by atoms with Crippen LogP contribution in [0.2, 0.25) is 0 Å². The van der Waals surface area contributed by atoms with Gasteiger partial charge in [0.05, 0.1) is 0 Å². The highest BCUT2D eigenvalue weighted by Gasteiger charge is 2.04. The SMILES string of the molecule is Cc1cc(CCO)ccc1C(N)=O. The first-order valence-electron chi connectivity index (χ1n) is 4.15. The Bertz CT molecular complexity index is 321. The van der Waals surface area contributed by atoms with E-state index in [-0.39, 0.29) is 6.61 Å². The Balaban J connectivity index is 2.98. The fraction of sp³-hybridized carbons (Fsp3) is 0.300. The molecule has 0 aromatic heterocycles. The van der Waals surface area contributed by atoms with Crippen LogP contribution in [-0.4, -0.2) is 17.6 Å². The molecule has 13 heavy (non-hydrogen) atoms. The molecule has 0 saturated heterocycles. The van der Waals surface area contributed by atoms with Gasteiger partial charge < -0.3 is 10.8 Å². The zero-order valence-corrected chi connectivity index (χ0v) is 7.58. The maximum Gasteiger partial charge on any atom is 0.248 e. The van der Waals surface area contributed by atoms with Gasteiger partial charge in [0.2, 0.25) is 5.91 Å². The predicted octanol–water partition coefficient (Wildman–Crippen LogP) is 0.629. The van der Waals surface area contributed by atoms with Crippen molar-refractivity contribution in [1.29, 1.82) is 0 Å². The lowest BCUT2D eigenvalue weighted by atomic mass is 10.0. The summed E-state index contributed by atoms with van der Waals surface area (Å²) in [5.74, 6) is -0.409. The quantitative estimate of drug-likeness (QED) is 0.714. The minimum atomic E-state index is -0.409. The van der Waals surface area contributed by atoms with Gasteiger partial charge in [-0.3, -0.25) is 4.79 Å². The highest BCUT2D eigenvalue weighted by atomic mass is 16.2. The van der Waals surface area contributed by atoms with Crippen molar-refractivity contribution in [3.63, 3.8) is 0 Å². The molecule has 0 aliphatic carbocycles. The molecule has 70 valence electrons. The molecule has 0 heterocycles. The maximum atomic E-state index is 10.9. The third kappa shape index (κ3) is 2.29. The van der Waals surface area contributed by atoms with E-state index in [1.54, 1.807) is 6.07 Å². The van der Waals surface area contributed by atoms with Crippen LogP contribution in [0.25, 0.3) is 0 Å². The van der Waals surface area contributed by atoms with Gasteiger partial charge in [-0.1, -0.05) is 12.1 Å². The Morgan fingerprint density at radius 2 is 2.23 bits per heavy atom. The van der Waals surface area contributed by atoms with Gasteiger partial charge in [0.15, 0.2) is 0 Å². The molecule has 0 unspecified atom stereocenters. The summed E-state index contributed by atoms with van der Waals surface area (Å²) in [4.78, 5) is 10.9. The van der Waals surface area contributed by atoms with Crippen LogP contribution in [0.1, 0.15) is 21.5 Å². The molecular formula is C10H13NO2. The molecule has 0 radical (unpaired) electrons. The Hall–Kier alpha value is -1.35. The Morgan fingerprint density at radius 3 is 2.69 bits per heavy atom. The van der Waals surface area contributed by atoms with E-state index in [9.17, 15) is 4.79 Å². The Morgan fingerprint density at radius 1 is 1.54 bits per heavy atom. The molecule has 0 saturated carbocycles. The van der Waals surface area contributed by atoms with E-state index < -0.39 is 5.91 Å². The molecule has 3 heteroatoms. The summed E-state index contributed by atoms with van der Waals surface area (Å²) < 4.78 is 0. The monoisotopic (exact) mass is 179 g/mol. The van der Waals surface area contributed by atoms with Gasteiger partial charge >= 0.3 is 0 Å². The van der Waals surface area contributed by atoms with Crippen LogP contribution in [-0.2, 0) is 6.42 Å². The molecule has 1 amide bonds. The molecule has 0 bridgehead atoms. The number of carbonyl (C=O) groups is 1. The summed E-state index contributed by atoms with van der Waals surface area (Å²) in [7, 11) is 0. The molecule has 1 aromatic carbocycles. The number of hydrogen-bond donors (Lipinski definition) is 2. The number of nitrogens with two attached hydrogens (primary N) is 1. The fourth-order valence-electron chi connectivity index (χ4n) is 1.29. The Labute approximate surface area is 77.2 Å². The van der Waals surface area contributed by atoms with Crippen molar-refractivity contribution in [1.82, 2.24) is 0 Å². The number of aryl methyl sites for hydroxylation is 1. The molecule has 1 rings (SSSR count). The summed E-state index contributed by atoms with van der Waals surface area (Å²) in [5, 5.41) is 8.70. The van der Waals surface area contributed by atoms with Crippen molar-refractivity contribution >= 4 is 5.91 Å². The second-order valence-corrected chi connectivity index (χ2v) is 2.99. The summed E-state index contributed by atoms with van der Waals surface area (Å²) in [5.41, 5.74) is 7.57. The van der Waals surface area contributed by atoms with Gasteiger partial charge in [0.25, 0.3) is 0 Å². The van der Waals surface area contributed by atoms with Gasteiger partial charge in [0.1, 0.15) is 0 Å². The van der Waals surface area contributed by atoms with Gasteiger partial charge in [-0.05, 0) is 30.5 Å². The first-order chi connectivity index (χ1) is 6.15. The standard InChI is InChI=1S/C10H13NO2/c1-7-6-8(4-5-12)2-3-9(7)10(11)13/h2-3,6,12H,4-5H2,1H3,(H2,11,13). The predicted molar refractivity (Wildman–Crippen MR) is 50.5 cm³/mol. The number of primary amides is 1.